The second-order valence-corrected chi connectivity index (χ2v) is 7.28. The molecule has 4 rings (SSSR count). The highest BCUT2D eigenvalue weighted by atomic mass is 16.6. The molecular weight excluding hydrogens is 318 g/mol. The fourth-order valence-electron chi connectivity index (χ4n) is 4.15. The van der Waals surface area contributed by atoms with Crippen LogP contribution in [-0.2, 0) is 20.9 Å². The Morgan fingerprint density at radius 3 is 3.00 bits per heavy atom. The molecule has 132 valence electrons. The van der Waals surface area contributed by atoms with Crippen LogP contribution in [0.2, 0.25) is 0 Å². The molecule has 1 unspecified atom stereocenters. The number of ether oxygens (including phenoxy) is 1. The number of pyridine rings is 1. The summed E-state index contributed by atoms with van der Waals surface area (Å²) < 4.78 is 7.56. The Balaban J connectivity index is 1.46. The molecular formula is C19H23N3O3. The number of carbonyl (C=O) groups is 2. The summed E-state index contributed by atoms with van der Waals surface area (Å²) in [5.41, 5.74) is 2.25. The van der Waals surface area contributed by atoms with Gasteiger partial charge in [0.05, 0.1) is 24.6 Å². The van der Waals surface area contributed by atoms with Crippen molar-refractivity contribution in [3.8, 4) is 0 Å². The van der Waals surface area contributed by atoms with Crippen molar-refractivity contribution in [3.63, 3.8) is 0 Å². The lowest BCUT2D eigenvalue weighted by Gasteiger charge is -2.35. The third-order valence-corrected chi connectivity index (χ3v) is 5.45. The lowest BCUT2D eigenvalue weighted by atomic mass is 9.75. The molecule has 2 aromatic heterocycles. The van der Waals surface area contributed by atoms with E-state index in [-0.39, 0.29) is 24.2 Å². The van der Waals surface area contributed by atoms with E-state index in [4.69, 9.17) is 4.74 Å². The normalized spacial score (nSPS) is 22.3. The van der Waals surface area contributed by atoms with Gasteiger partial charge in [0, 0.05) is 12.4 Å². The maximum Gasteiger partial charge on any atom is 0.307 e. The molecule has 1 aliphatic heterocycles. The number of fused-ring (bicyclic) bond motifs is 1. The zero-order valence-electron chi connectivity index (χ0n) is 14.5. The van der Waals surface area contributed by atoms with E-state index in [9.17, 15) is 9.59 Å². The van der Waals surface area contributed by atoms with E-state index in [0.717, 1.165) is 49.0 Å². The standard InChI is InChI=1S/C19H23N3O3/c1-13-5-8-22-12-14(21-16(22)9-13)11-20-18(24)15-10-17(23)25-19(15)6-3-2-4-7-19/h5,8-9,12,15H,2-4,6-7,10-11H2,1H3,(H,20,24). The van der Waals surface area contributed by atoms with Crippen LogP contribution >= 0.6 is 0 Å². The Morgan fingerprint density at radius 2 is 2.20 bits per heavy atom. The second kappa shape index (κ2) is 6.17. The van der Waals surface area contributed by atoms with Crippen molar-refractivity contribution in [2.45, 2.75) is 57.6 Å². The summed E-state index contributed by atoms with van der Waals surface area (Å²) in [6.07, 6.45) is 8.84. The van der Waals surface area contributed by atoms with E-state index in [0.29, 0.717) is 6.54 Å². The molecule has 1 atom stereocenters. The third kappa shape index (κ3) is 3.01. The molecule has 0 aromatic carbocycles. The van der Waals surface area contributed by atoms with E-state index in [1.54, 1.807) is 0 Å². The van der Waals surface area contributed by atoms with Crippen LogP contribution in [0, 0.1) is 12.8 Å². The summed E-state index contributed by atoms with van der Waals surface area (Å²) in [6.45, 7) is 2.39. The van der Waals surface area contributed by atoms with E-state index in [2.05, 4.69) is 10.3 Å². The number of amides is 1. The molecule has 2 aliphatic rings. The molecule has 2 aromatic rings. The second-order valence-electron chi connectivity index (χ2n) is 7.28. The van der Waals surface area contributed by atoms with E-state index in [1.165, 1.54) is 0 Å². The number of rotatable bonds is 3. The molecule has 0 bridgehead atoms. The first-order valence-corrected chi connectivity index (χ1v) is 9.00. The third-order valence-electron chi connectivity index (χ3n) is 5.45. The van der Waals surface area contributed by atoms with Crippen molar-refractivity contribution < 1.29 is 14.3 Å². The number of nitrogens with one attached hydrogen (secondary N) is 1. The number of aryl methyl sites for hydroxylation is 1. The molecule has 3 heterocycles. The van der Waals surface area contributed by atoms with Crippen molar-refractivity contribution in [3.05, 3.63) is 35.8 Å². The maximum atomic E-state index is 12.7. The topological polar surface area (TPSA) is 72.7 Å². The highest BCUT2D eigenvalue weighted by molar-refractivity contribution is 5.87. The minimum atomic E-state index is -0.574. The van der Waals surface area contributed by atoms with Crippen LogP contribution in [0.5, 0.6) is 0 Å². The van der Waals surface area contributed by atoms with Crippen LogP contribution < -0.4 is 5.32 Å². The van der Waals surface area contributed by atoms with Gasteiger partial charge in [0.2, 0.25) is 5.91 Å². The molecule has 2 fully saturated rings. The first-order valence-electron chi connectivity index (χ1n) is 9.00. The summed E-state index contributed by atoms with van der Waals surface area (Å²) >= 11 is 0. The molecule has 6 heteroatoms. The number of nitrogens with zero attached hydrogens (tertiary/aromatic N) is 2. The van der Waals surface area contributed by atoms with Crippen molar-refractivity contribution in [2.24, 2.45) is 5.92 Å². The molecule has 1 amide bonds. The number of carbonyl (C=O) groups excluding carboxylic acids is 2. The Hall–Kier alpha value is -2.37. The van der Waals surface area contributed by atoms with E-state index < -0.39 is 5.60 Å². The minimum absolute atomic E-state index is 0.0963. The van der Waals surface area contributed by atoms with Crippen molar-refractivity contribution >= 4 is 17.5 Å². The monoisotopic (exact) mass is 341 g/mol. The van der Waals surface area contributed by atoms with Gasteiger partial charge in [-0.05, 0) is 50.3 Å². The lowest BCUT2D eigenvalue weighted by Crippen LogP contribution is -2.45. The summed E-state index contributed by atoms with van der Waals surface area (Å²) in [4.78, 5) is 29.1. The van der Waals surface area contributed by atoms with Crippen molar-refractivity contribution in [1.82, 2.24) is 14.7 Å². The average molecular weight is 341 g/mol. The molecule has 1 spiro atoms. The fraction of sp³-hybridized carbons (Fsp3) is 0.526. The van der Waals surface area contributed by atoms with Gasteiger partial charge in [0.1, 0.15) is 11.2 Å². The van der Waals surface area contributed by atoms with Gasteiger partial charge in [-0.2, -0.15) is 0 Å². The van der Waals surface area contributed by atoms with Crippen molar-refractivity contribution in [1.29, 1.82) is 0 Å². The van der Waals surface area contributed by atoms with Crippen LogP contribution in [0.4, 0.5) is 0 Å². The Morgan fingerprint density at radius 1 is 1.40 bits per heavy atom. The van der Waals surface area contributed by atoms with Crippen LogP contribution in [0.15, 0.2) is 24.5 Å². The first-order chi connectivity index (χ1) is 12.1. The first kappa shape index (κ1) is 16.1. The van der Waals surface area contributed by atoms with Gasteiger partial charge in [-0.15, -0.1) is 0 Å². The Labute approximate surface area is 146 Å². The summed E-state index contributed by atoms with van der Waals surface area (Å²) in [5, 5.41) is 2.96. The van der Waals surface area contributed by atoms with E-state index >= 15 is 0 Å². The molecule has 1 aliphatic carbocycles. The zero-order chi connectivity index (χ0) is 17.4. The largest absolute Gasteiger partial charge is 0.458 e. The molecule has 6 nitrogen and oxygen atoms in total. The SMILES string of the molecule is Cc1ccn2cc(CNC(=O)C3CC(=O)OC34CCCCC4)nc2c1. The lowest BCUT2D eigenvalue weighted by molar-refractivity contribution is -0.153. The van der Waals surface area contributed by atoms with Crippen LogP contribution in [-0.4, -0.2) is 26.9 Å². The van der Waals surface area contributed by atoms with Crippen molar-refractivity contribution in [2.75, 3.05) is 0 Å². The number of aromatic nitrogens is 2. The van der Waals surface area contributed by atoms with Gasteiger partial charge in [-0.1, -0.05) is 6.42 Å². The number of imidazole rings is 1. The molecule has 1 saturated carbocycles. The quantitative estimate of drug-likeness (QED) is 0.871. The van der Waals surface area contributed by atoms with Gasteiger partial charge in [-0.25, -0.2) is 4.98 Å². The van der Waals surface area contributed by atoms with Crippen LogP contribution in [0.3, 0.4) is 0 Å². The zero-order valence-corrected chi connectivity index (χ0v) is 14.5. The van der Waals surface area contributed by atoms with Gasteiger partial charge in [-0.3, -0.25) is 9.59 Å². The molecule has 1 N–H and O–H groups in total. The minimum Gasteiger partial charge on any atom is -0.458 e. The Kier molecular flexibility index (Phi) is 3.98. The molecule has 1 saturated heterocycles. The summed E-state index contributed by atoms with van der Waals surface area (Å²) in [6, 6.07) is 4.02. The predicted octanol–water partition coefficient (Wildman–Crippen LogP) is 2.52. The van der Waals surface area contributed by atoms with Crippen LogP contribution in [0.1, 0.15) is 49.8 Å². The van der Waals surface area contributed by atoms with Gasteiger partial charge in [0.15, 0.2) is 0 Å². The smallest absolute Gasteiger partial charge is 0.307 e. The van der Waals surface area contributed by atoms with Gasteiger partial charge < -0.3 is 14.5 Å². The highest BCUT2D eigenvalue weighted by Gasteiger charge is 2.52. The van der Waals surface area contributed by atoms with Crippen LogP contribution in [0.25, 0.3) is 5.65 Å². The fourth-order valence-corrected chi connectivity index (χ4v) is 4.15. The number of hydrogen-bond acceptors (Lipinski definition) is 4. The molecule has 25 heavy (non-hydrogen) atoms. The predicted molar refractivity (Wildman–Crippen MR) is 91.8 cm³/mol. The number of hydrogen-bond donors (Lipinski definition) is 1. The number of esters is 1. The van der Waals surface area contributed by atoms with E-state index in [1.807, 2.05) is 35.9 Å². The average Bonchev–Trinajstić information content (AvgIpc) is 3.13. The maximum absolute atomic E-state index is 12.7. The molecule has 0 radical (unpaired) electrons. The van der Waals surface area contributed by atoms with Gasteiger partial charge in [0.25, 0.3) is 0 Å². The highest BCUT2D eigenvalue weighted by Crippen LogP contribution is 2.44. The Bertz CT molecular complexity index is 820. The summed E-state index contributed by atoms with van der Waals surface area (Å²) in [5.74, 6) is -0.717. The summed E-state index contributed by atoms with van der Waals surface area (Å²) in [7, 11) is 0. The van der Waals surface area contributed by atoms with Gasteiger partial charge >= 0.3 is 5.97 Å².